The lowest BCUT2D eigenvalue weighted by atomic mass is 10.0. The Labute approximate surface area is 157 Å². The Bertz CT molecular complexity index is 874. The minimum Gasteiger partial charge on any atom is -0.351 e. The molecule has 26 heavy (non-hydrogen) atoms. The minimum absolute atomic E-state index is 0.0795. The van der Waals surface area contributed by atoms with Crippen LogP contribution in [0.1, 0.15) is 43.3 Å². The number of hydrogen-bond acceptors (Lipinski definition) is 6. The van der Waals surface area contributed by atoms with Crippen molar-refractivity contribution in [2.75, 3.05) is 13.1 Å². The van der Waals surface area contributed by atoms with Crippen LogP contribution in [-0.2, 0) is 27.9 Å². The van der Waals surface area contributed by atoms with Crippen molar-refractivity contribution in [2.24, 2.45) is 0 Å². The van der Waals surface area contributed by atoms with Gasteiger partial charge in [-0.25, -0.2) is 13.4 Å². The zero-order valence-electron chi connectivity index (χ0n) is 14.9. The molecule has 8 nitrogen and oxygen atoms in total. The van der Waals surface area contributed by atoms with Crippen LogP contribution in [0.3, 0.4) is 0 Å². The van der Waals surface area contributed by atoms with Gasteiger partial charge >= 0.3 is 0 Å². The van der Waals surface area contributed by atoms with Gasteiger partial charge in [0, 0.05) is 44.1 Å². The van der Waals surface area contributed by atoms with Crippen LogP contribution in [0.4, 0.5) is 0 Å². The Morgan fingerprint density at radius 2 is 2.27 bits per heavy atom. The van der Waals surface area contributed by atoms with Gasteiger partial charge in [-0.3, -0.25) is 9.48 Å². The van der Waals surface area contributed by atoms with Crippen LogP contribution in [0.5, 0.6) is 0 Å². The molecule has 0 saturated carbocycles. The van der Waals surface area contributed by atoms with Gasteiger partial charge in [-0.1, -0.05) is 0 Å². The van der Waals surface area contributed by atoms with Crippen molar-refractivity contribution in [1.29, 1.82) is 0 Å². The predicted molar refractivity (Wildman–Crippen MR) is 98.3 cm³/mol. The van der Waals surface area contributed by atoms with Crippen LogP contribution >= 0.6 is 11.3 Å². The molecule has 0 bridgehead atoms. The molecule has 0 radical (unpaired) electrons. The van der Waals surface area contributed by atoms with Crippen LogP contribution in [0.15, 0.2) is 22.7 Å². The van der Waals surface area contributed by atoms with Gasteiger partial charge in [0.25, 0.3) is 0 Å². The quantitative estimate of drug-likeness (QED) is 0.798. The monoisotopic (exact) mass is 397 g/mol. The summed E-state index contributed by atoms with van der Waals surface area (Å²) in [5.41, 5.74) is 0.810. The maximum Gasteiger partial charge on any atom is 0.246 e. The molecule has 0 aromatic carbocycles. The first-order chi connectivity index (χ1) is 12.4. The number of aryl methyl sites for hydroxylation is 1. The van der Waals surface area contributed by atoms with Crippen LogP contribution < -0.4 is 5.32 Å². The van der Waals surface area contributed by atoms with E-state index in [9.17, 15) is 13.2 Å². The number of carbonyl (C=O) groups excluding carboxylic acids is 1. The summed E-state index contributed by atoms with van der Waals surface area (Å²) in [6.07, 6.45) is 4.70. The second-order valence-electron chi connectivity index (χ2n) is 6.32. The van der Waals surface area contributed by atoms with E-state index in [0.29, 0.717) is 26.2 Å². The van der Waals surface area contributed by atoms with E-state index >= 15 is 0 Å². The summed E-state index contributed by atoms with van der Waals surface area (Å²) in [6, 6.07) is 0. The fraction of sp³-hybridized carbons (Fsp3) is 0.562. The number of nitrogens with zero attached hydrogens (tertiary/aromatic N) is 4. The minimum atomic E-state index is -3.54. The molecule has 142 valence electrons. The highest BCUT2D eigenvalue weighted by atomic mass is 32.2. The largest absolute Gasteiger partial charge is 0.351 e. The Morgan fingerprint density at radius 1 is 1.46 bits per heavy atom. The van der Waals surface area contributed by atoms with Gasteiger partial charge in [-0.2, -0.15) is 9.40 Å². The van der Waals surface area contributed by atoms with Crippen LogP contribution in [0, 0.1) is 0 Å². The lowest BCUT2D eigenvalue weighted by Gasteiger charge is -2.30. The highest BCUT2D eigenvalue weighted by Gasteiger charge is 2.32. The predicted octanol–water partition coefficient (Wildman–Crippen LogP) is 1.56. The number of rotatable bonds is 6. The number of sulfonamides is 1. The topological polar surface area (TPSA) is 97.2 Å². The van der Waals surface area contributed by atoms with E-state index in [4.69, 9.17) is 0 Å². The van der Waals surface area contributed by atoms with Gasteiger partial charge < -0.3 is 5.32 Å². The summed E-state index contributed by atoms with van der Waals surface area (Å²) < 4.78 is 28.9. The average Bonchev–Trinajstić information content (AvgIpc) is 3.29. The molecule has 1 aliphatic heterocycles. The van der Waals surface area contributed by atoms with Crippen LogP contribution in [-0.4, -0.2) is 46.5 Å². The Balaban J connectivity index is 1.72. The summed E-state index contributed by atoms with van der Waals surface area (Å²) in [6.45, 7) is 5.36. The van der Waals surface area contributed by atoms with E-state index in [1.807, 2.05) is 12.3 Å². The summed E-state index contributed by atoms with van der Waals surface area (Å²) in [4.78, 5) is 15.8. The number of aromatic nitrogens is 3. The molecule has 0 spiro atoms. The summed E-state index contributed by atoms with van der Waals surface area (Å²) in [7, 11) is -3.54. The van der Waals surface area contributed by atoms with Crippen molar-refractivity contribution in [2.45, 2.75) is 50.6 Å². The fourth-order valence-electron chi connectivity index (χ4n) is 2.97. The first-order valence-corrected chi connectivity index (χ1v) is 10.9. The van der Waals surface area contributed by atoms with Crippen LogP contribution in [0.25, 0.3) is 0 Å². The highest BCUT2D eigenvalue weighted by molar-refractivity contribution is 7.89. The molecule has 1 saturated heterocycles. The summed E-state index contributed by atoms with van der Waals surface area (Å²) >= 11 is 1.52. The molecule has 1 aliphatic rings. The lowest BCUT2D eigenvalue weighted by molar-refractivity contribution is -0.119. The smallest absolute Gasteiger partial charge is 0.246 e. The van der Waals surface area contributed by atoms with Gasteiger partial charge in [0.05, 0.1) is 23.4 Å². The first-order valence-electron chi connectivity index (χ1n) is 8.61. The molecule has 10 heteroatoms. The number of piperidine rings is 1. The Morgan fingerprint density at radius 3 is 2.96 bits per heavy atom. The standard InChI is InChI=1S/C16H23N5O3S2/c1-3-20-10-15(8-18-20)26(23,24)21-6-4-5-13(9-21)16-19-14(11-25-16)7-17-12(2)22/h8,10-11,13H,3-7,9H2,1-2H3,(H,17,22)/t13-/m1/s1. The Hall–Kier alpha value is -1.78. The summed E-state index contributed by atoms with van der Waals surface area (Å²) in [5, 5.41) is 9.65. The van der Waals surface area contributed by atoms with Gasteiger partial charge in [-0.05, 0) is 19.8 Å². The zero-order valence-corrected chi connectivity index (χ0v) is 16.5. The fourth-order valence-corrected chi connectivity index (χ4v) is 5.40. The van der Waals surface area contributed by atoms with Crippen molar-refractivity contribution in [3.8, 4) is 0 Å². The molecule has 0 unspecified atom stereocenters. The zero-order chi connectivity index (χ0) is 18.7. The molecule has 0 aliphatic carbocycles. The van der Waals surface area contributed by atoms with Crippen molar-refractivity contribution in [1.82, 2.24) is 24.4 Å². The number of nitrogens with one attached hydrogen (secondary N) is 1. The van der Waals surface area contributed by atoms with E-state index in [1.165, 1.54) is 28.8 Å². The molecular weight excluding hydrogens is 374 g/mol. The Kier molecular flexibility index (Phi) is 5.73. The molecule has 2 aromatic rings. The number of carbonyl (C=O) groups is 1. The van der Waals surface area contributed by atoms with Crippen molar-refractivity contribution >= 4 is 27.3 Å². The molecule has 3 heterocycles. The van der Waals surface area contributed by atoms with E-state index in [-0.39, 0.29) is 16.7 Å². The van der Waals surface area contributed by atoms with Gasteiger partial charge in [-0.15, -0.1) is 11.3 Å². The van der Waals surface area contributed by atoms with Crippen molar-refractivity contribution in [3.63, 3.8) is 0 Å². The third kappa shape index (κ3) is 4.13. The van der Waals surface area contributed by atoms with Gasteiger partial charge in [0.2, 0.25) is 15.9 Å². The number of hydrogen-bond donors (Lipinski definition) is 1. The molecule has 1 N–H and O–H groups in total. The van der Waals surface area contributed by atoms with Crippen molar-refractivity contribution in [3.05, 3.63) is 28.5 Å². The third-order valence-corrected chi connectivity index (χ3v) is 7.27. The van der Waals surface area contributed by atoms with E-state index < -0.39 is 10.0 Å². The maximum atomic E-state index is 12.9. The normalized spacial score (nSPS) is 18.8. The van der Waals surface area contributed by atoms with E-state index in [0.717, 1.165) is 23.5 Å². The van der Waals surface area contributed by atoms with E-state index in [2.05, 4.69) is 15.4 Å². The highest BCUT2D eigenvalue weighted by Crippen LogP contribution is 2.31. The molecule has 1 amide bonds. The molecule has 2 aromatic heterocycles. The van der Waals surface area contributed by atoms with Gasteiger partial charge in [0.1, 0.15) is 4.90 Å². The first kappa shape index (κ1) is 19.0. The molecule has 1 atom stereocenters. The molecule has 1 fully saturated rings. The summed E-state index contributed by atoms with van der Waals surface area (Å²) in [5.74, 6) is -0.0158. The number of thiazole rings is 1. The third-order valence-electron chi connectivity index (χ3n) is 4.39. The van der Waals surface area contributed by atoms with Crippen LogP contribution in [0.2, 0.25) is 0 Å². The second-order valence-corrected chi connectivity index (χ2v) is 9.15. The molecular formula is C16H23N5O3S2. The SMILES string of the molecule is CCn1cc(S(=O)(=O)N2CCC[C@@H](c3nc(CNC(C)=O)cs3)C2)cn1. The number of amides is 1. The molecule has 3 rings (SSSR count). The van der Waals surface area contributed by atoms with Crippen molar-refractivity contribution < 1.29 is 13.2 Å². The van der Waals surface area contributed by atoms with E-state index in [1.54, 1.807) is 10.9 Å². The second kappa shape index (κ2) is 7.85. The maximum absolute atomic E-state index is 12.9. The lowest BCUT2D eigenvalue weighted by Crippen LogP contribution is -2.39. The average molecular weight is 398 g/mol. The van der Waals surface area contributed by atoms with Gasteiger partial charge in [0.15, 0.2) is 0 Å².